The van der Waals surface area contributed by atoms with Crippen LogP contribution in [0.3, 0.4) is 0 Å². The Kier molecular flexibility index (Phi) is 16.4. The summed E-state index contributed by atoms with van der Waals surface area (Å²) in [4.78, 5) is 0. The molecule has 0 atom stereocenters. The van der Waals surface area contributed by atoms with Crippen LogP contribution in [0.4, 0.5) is 0 Å². The molecule has 0 saturated carbocycles. The number of benzene rings is 6. The molecule has 8 rings (SSSR count). The maximum absolute atomic E-state index is 4.93. The summed E-state index contributed by atoms with van der Waals surface area (Å²) in [6.07, 6.45) is 7.38. The van der Waals surface area contributed by atoms with E-state index in [0.717, 1.165) is 9.52 Å². The van der Waals surface area contributed by atoms with Gasteiger partial charge in [0.1, 0.15) is 0 Å². The molecule has 4 heteroatoms. The third-order valence-electron chi connectivity index (χ3n) is 10.1. The van der Waals surface area contributed by atoms with Gasteiger partial charge in [-0.05, 0) is 70.5 Å². The summed E-state index contributed by atoms with van der Waals surface area (Å²) in [6.45, 7) is 13.3. The monoisotopic (exact) mass is 840 g/mol. The normalized spacial score (nSPS) is 10.7. The Morgan fingerprint density at radius 2 is 0.907 bits per heavy atom. The van der Waals surface area contributed by atoms with Crippen molar-refractivity contribution in [2.45, 2.75) is 79.3 Å². The van der Waals surface area contributed by atoms with E-state index in [1.807, 2.05) is 0 Å². The second kappa shape index (κ2) is 21.2. The average molecular weight is 843 g/mol. The van der Waals surface area contributed by atoms with Crippen molar-refractivity contribution in [2.75, 3.05) is 0 Å². The number of fused-ring (bicyclic) bond motifs is 4. The Hall–Kier alpha value is -3.26. The van der Waals surface area contributed by atoms with Gasteiger partial charge in [-0.15, -0.1) is 69.1 Å². The van der Waals surface area contributed by atoms with E-state index >= 15 is 0 Å². The van der Waals surface area contributed by atoms with Crippen LogP contribution in [-0.4, -0.2) is 9.52 Å². The fourth-order valence-electron chi connectivity index (χ4n) is 7.56. The van der Waals surface area contributed by atoms with Gasteiger partial charge < -0.3 is 0 Å². The Morgan fingerprint density at radius 3 is 1.30 bits per heavy atom. The predicted octanol–water partition coefficient (Wildman–Crippen LogP) is 16.2. The Morgan fingerprint density at radius 1 is 0.519 bits per heavy atom. The van der Waals surface area contributed by atoms with Crippen molar-refractivity contribution in [3.63, 3.8) is 0 Å². The number of hydrogen-bond donors (Lipinski definition) is 0. The molecule has 0 heterocycles. The van der Waals surface area contributed by atoms with Crippen LogP contribution in [0, 0.1) is 13.8 Å². The Balaban J connectivity index is 0.000000182. The summed E-state index contributed by atoms with van der Waals surface area (Å²) in [6, 6.07) is 49.4. The molecule has 274 valence electrons. The SMILES string of the molecule is CCCCc1cc2c(-c3c(C)ccc4ccccc34)cccc2[cH-]1.CCCCc1cc2c(-c3c(C)ccc4ccccc34)cccc2[cH-]1.C[Si]C.[Cl][Zr+2][Cl]. The molecule has 0 saturated heterocycles. The Bertz CT molecular complexity index is 2230. The zero-order valence-electron chi connectivity index (χ0n) is 32.7. The van der Waals surface area contributed by atoms with Gasteiger partial charge in [0.05, 0.1) is 0 Å². The zero-order valence-corrected chi connectivity index (χ0v) is 37.7. The molecule has 0 aliphatic carbocycles. The first-order chi connectivity index (χ1) is 26.4. The first kappa shape index (κ1) is 41.9. The molecule has 0 fully saturated rings. The summed E-state index contributed by atoms with van der Waals surface area (Å²) in [5.41, 5.74) is 11.1. The minimum atomic E-state index is -0.826. The first-order valence-electron chi connectivity index (χ1n) is 19.3. The second-order valence-electron chi connectivity index (χ2n) is 14.1. The molecule has 0 spiro atoms. The van der Waals surface area contributed by atoms with E-state index in [4.69, 9.17) is 17.0 Å². The summed E-state index contributed by atoms with van der Waals surface area (Å²) in [5.74, 6) is 0. The van der Waals surface area contributed by atoms with Gasteiger partial charge in [0.2, 0.25) is 0 Å². The van der Waals surface area contributed by atoms with Crippen molar-refractivity contribution in [1.29, 1.82) is 0 Å². The summed E-state index contributed by atoms with van der Waals surface area (Å²) in [5, 5.41) is 10.8. The number of aryl methyl sites for hydroxylation is 4. The van der Waals surface area contributed by atoms with Crippen molar-refractivity contribution in [3.8, 4) is 22.3 Å². The van der Waals surface area contributed by atoms with Crippen LogP contribution in [0.5, 0.6) is 0 Å². The maximum atomic E-state index is 4.93. The number of rotatable bonds is 8. The molecule has 0 nitrogen and oxygen atoms in total. The van der Waals surface area contributed by atoms with E-state index in [1.54, 1.807) is 0 Å². The van der Waals surface area contributed by atoms with E-state index in [2.05, 4.69) is 174 Å². The molecule has 8 aromatic rings. The van der Waals surface area contributed by atoms with Crippen molar-refractivity contribution >= 4 is 69.6 Å². The molecule has 0 aliphatic heterocycles. The van der Waals surface area contributed by atoms with Crippen molar-refractivity contribution in [1.82, 2.24) is 0 Å². The molecule has 8 aromatic carbocycles. The summed E-state index contributed by atoms with van der Waals surface area (Å²) in [7, 11) is 11.0. The van der Waals surface area contributed by atoms with Crippen LogP contribution in [0.25, 0.3) is 65.3 Å². The predicted molar refractivity (Wildman–Crippen MR) is 241 cm³/mol. The minimum absolute atomic E-state index is 0.826. The molecular weight excluding hydrogens is 791 g/mol. The van der Waals surface area contributed by atoms with Crippen LogP contribution in [0.1, 0.15) is 61.8 Å². The average Bonchev–Trinajstić information content (AvgIpc) is 3.81. The summed E-state index contributed by atoms with van der Waals surface area (Å²) >= 11 is -0.826. The third kappa shape index (κ3) is 10.1. The number of hydrogen-bond acceptors (Lipinski definition) is 0. The van der Waals surface area contributed by atoms with Gasteiger partial charge in [-0.3, -0.25) is 0 Å². The van der Waals surface area contributed by atoms with Gasteiger partial charge in [-0.1, -0.05) is 149 Å². The fourth-order valence-corrected chi connectivity index (χ4v) is 7.56. The third-order valence-corrected chi connectivity index (χ3v) is 10.1. The van der Waals surface area contributed by atoms with Crippen molar-refractivity contribution in [2.24, 2.45) is 0 Å². The van der Waals surface area contributed by atoms with E-state index in [0.29, 0.717) is 0 Å². The van der Waals surface area contributed by atoms with Gasteiger partial charge in [0.25, 0.3) is 0 Å². The number of halogens is 2. The van der Waals surface area contributed by atoms with E-state index in [9.17, 15) is 0 Å². The first-order valence-corrected chi connectivity index (χ1v) is 27.6. The second-order valence-corrected chi connectivity index (χ2v) is 18.8. The molecule has 0 aromatic heterocycles. The van der Waals surface area contributed by atoms with Crippen LogP contribution >= 0.6 is 17.0 Å². The topological polar surface area (TPSA) is 0 Å². The fraction of sp³-hybridized carbons (Fsp3) is 0.240. The summed E-state index contributed by atoms with van der Waals surface area (Å²) < 4.78 is 0. The van der Waals surface area contributed by atoms with Gasteiger partial charge in [-0.2, -0.15) is 12.1 Å². The van der Waals surface area contributed by atoms with Gasteiger partial charge >= 0.3 is 37.9 Å². The van der Waals surface area contributed by atoms with Crippen molar-refractivity contribution < 1.29 is 20.8 Å². The quantitative estimate of drug-likeness (QED) is 0.106. The van der Waals surface area contributed by atoms with Crippen LogP contribution < -0.4 is 0 Å². The van der Waals surface area contributed by atoms with E-state index < -0.39 is 20.8 Å². The zero-order chi connectivity index (χ0) is 38.5. The molecule has 0 bridgehead atoms. The van der Waals surface area contributed by atoms with Crippen LogP contribution in [0.15, 0.2) is 133 Å². The van der Waals surface area contributed by atoms with E-state index in [-0.39, 0.29) is 0 Å². The Labute approximate surface area is 345 Å². The molecule has 0 aliphatic rings. The molecule has 54 heavy (non-hydrogen) atoms. The van der Waals surface area contributed by atoms with Crippen LogP contribution in [0.2, 0.25) is 13.1 Å². The van der Waals surface area contributed by atoms with E-state index in [1.165, 1.54) is 126 Å². The number of unbranched alkanes of at least 4 members (excludes halogenated alkanes) is 2. The molecule has 0 amide bonds. The van der Waals surface area contributed by atoms with Gasteiger partial charge in [0, 0.05) is 9.52 Å². The van der Waals surface area contributed by atoms with Crippen LogP contribution in [-0.2, 0) is 33.7 Å². The van der Waals surface area contributed by atoms with Crippen molar-refractivity contribution in [3.05, 3.63) is 156 Å². The van der Waals surface area contributed by atoms with Gasteiger partial charge in [-0.25, -0.2) is 0 Å². The molecule has 2 radical (unpaired) electrons. The molecular formula is C50H52Cl2SiZr. The van der Waals surface area contributed by atoms with Gasteiger partial charge in [0.15, 0.2) is 0 Å². The standard InChI is InChI=1S/2C24H23.C2H6Si.2ClH.Zr/c2*1-3-4-8-18-15-20-10-7-12-22(23(20)16-18)24-17(2)13-14-19-9-5-6-11-21(19)24;1-3-2;;;/h2*5-7,9-16H,3-4,8H2,1-2H3;1-2H3;2*1H;/q2*-1;;;;+4/p-2. The molecule has 0 N–H and O–H groups in total. The molecule has 0 unspecified atom stereocenters.